The van der Waals surface area contributed by atoms with Crippen molar-refractivity contribution in [1.82, 2.24) is 5.32 Å². The molecule has 0 bridgehead atoms. The molecule has 1 fully saturated rings. The fourth-order valence-electron chi connectivity index (χ4n) is 2.89. The van der Waals surface area contributed by atoms with E-state index in [4.69, 9.17) is 4.74 Å². The Hall–Kier alpha value is -0.860. The highest BCUT2D eigenvalue weighted by molar-refractivity contribution is 5.29. The van der Waals surface area contributed by atoms with Gasteiger partial charge in [-0.3, -0.25) is 0 Å². The SMILES string of the molecule is CCNC(CC1CCCO1)c1ccc(C(C)(C)C)cc1. The molecule has 0 spiro atoms. The normalized spacial score (nSPS) is 21.1. The van der Waals surface area contributed by atoms with E-state index >= 15 is 0 Å². The van der Waals surface area contributed by atoms with E-state index in [0.29, 0.717) is 12.1 Å². The second-order valence-corrected chi connectivity index (χ2v) is 6.85. The van der Waals surface area contributed by atoms with Gasteiger partial charge in [0.25, 0.3) is 0 Å². The molecule has 1 aliphatic heterocycles. The van der Waals surface area contributed by atoms with Crippen LogP contribution in [-0.2, 0) is 10.2 Å². The first-order valence-electron chi connectivity index (χ1n) is 7.96. The Kier molecular flexibility index (Phi) is 5.22. The van der Waals surface area contributed by atoms with Gasteiger partial charge in [-0.15, -0.1) is 0 Å². The van der Waals surface area contributed by atoms with Crippen molar-refractivity contribution in [3.63, 3.8) is 0 Å². The summed E-state index contributed by atoms with van der Waals surface area (Å²) in [6, 6.07) is 9.52. The topological polar surface area (TPSA) is 21.3 Å². The van der Waals surface area contributed by atoms with Gasteiger partial charge < -0.3 is 10.1 Å². The molecule has 0 radical (unpaired) electrons. The smallest absolute Gasteiger partial charge is 0.0594 e. The molecule has 1 N–H and O–H groups in total. The molecular formula is C18H29NO. The molecule has 2 atom stereocenters. The van der Waals surface area contributed by atoms with Crippen molar-refractivity contribution in [2.45, 2.75) is 64.5 Å². The number of ether oxygens (including phenoxy) is 1. The third-order valence-corrected chi connectivity index (χ3v) is 4.15. The minimum absolute atomic E-state index is 0.223. The molecule has 2 rings (SSSR count). The van der Waals surface area contributed by atoms with Gasteiger partial charge in [0.05, 0.1) is 6.10 Å². The summed E-state index contributed by atoms with van der Waals surface area (Å²) in [5, 5.41) is 3.60. The average Bonchev–Trinajstić information content (AvgIpc) is 2.90. The number of hydrogen-bond donors (Lipinski definition) is 1. The largest absolute Gasteiger partial charge is 0.378 e. The summed E-state index contributed by atoms with van der Waals surface area (Å²) in [5.41, 5.74) is 3.00. The van der Waals surface area contributed by atoms with Crippen molar-refractivity contribution in [2.75, 3.05) is 13.2 Å². The second kappa shape index (κ2) is 6.73. The van der Waals surface area contributed by atoms with Crippen LogP contribution in [0.5, 0.6) is 0 Å². The molecule has 1 aromatic rings. The first kappa shape index (κ1) is 15.5. The predicted octanol–water partition coefficient (Wildman–Crippen LogP) is 4.20. The molecule has 1 heterocycles. The monoisotopic (exact) mass is 275 g/mol. The lowest BCUT2D eigenvalue weighted by molar-refractivity contribution is 0.0947. The summed E-state index contributed by atoms with van der Waals surface area (Å²) in [6.45, 7) is 10.9. The Balaban J connectivity index is 2.08. The Morgan fingerprint density at radius 2 is 1.95 bits per heavy atom. The van der Waals surface area contributed by atoms with Gasteiger partial charge in [0.2, 0.25) is 0 Å². The fourth-order valence-corrected chi connectivity index (χ4v) is 2.89. The van der Waals surface area contributed by atoms with Crippen molar-refractivity contribution < 1.29 is 4.74 Å². The van der Waals surface area contributed by atoms with Crippen molar-refractivity contribution in [3.8, 4) is 0 Å². The number of rotatable bonds is 5. The van der Waals surface area contributed by atoms with E-state index in [1.165, 1.54) is 24.0 Å². The standard InChI is InChI=1S/C18H29NO/c1-5-19-17(13-16-7-6-12-20-16)14-8-10-15(11-9-14)18(2,3)4/h8-11,16-17,19H,5-7,12-13H2,1-4H3. The Morgan fingerprint density at radius 1 is 1.25 bits per heavy atom. The highest BCUT2D eigenvalue weighted by Gasteiger charge is 2.22. The van der Waals surface area contributed by atoms with Crippen LogP contribution < -0.4 is 5.32 Å². The van der Waals surface area contributed by atoms with Gasteiger partial charge in [-0.1, -0.05) is 52.0 Å². The molecule has 1 saturated heterocycles. The molecule has 112 valence electrons. The predicted molar refractivity (Wildman–Crippen MR) is 85.2 cm³/mol. The van der Waals surface area contributed by atoms with Crippen molar-refractivity contribution in [2.24, 2.45) is 0 Å². The van der Waals surface area contributed by atoms with E-state index in [1.54, 1.807) is 0 Å². The zero-order valence-electron chi connectivity index (χ0n) is 13.4. The van der Waals surface area contributed by atoms with Crippen LogP contribution in [0.4, 0.5) is 0 Å². The summed E-state index contributed by atoms with van der Waals surface area (Å²) < 4.78 is 5.79. The fraction of sp³-hybridized carbons (Fsp3) is 0.667. The average molecular weight is 275 g/mol. The minimum atomic E-state index is 0.223. The molecule has 2 nitrogen and oxygen atoms in total. The van der Waals surface area contributed by atoms with Gasteiger partial charge >= 0.3 is 0 Å². The minimum Gasteiger partial charge on any atom is -0.378 e. The first-order valence-corrected chi connectivity index (χ1v) is 7.96. The summed E-state index contributed by atoms with van der Waals surface area (Å²) in [6.07, 6.45) is 3.94. The molecule has 20 heavy (non-hydrogen) atoms. The summed E-state index contributed by atoms with van der Waals surface area (Å²) in [7, 11) is 0. The van der Waals surface area contributed by atoms with Crippen LogP contribution in [-0.4, -0.2) is 19.3 Å². The van der Waals surface area contributed by atoms with Gasteiger partial charge in [0.15, 0.2) is 0 Å². The first-order chi connectivity index (χ1) is 9.50. The third-order valence-electron chi connectivity index (χ3n) is 4.15. The molecule has 1 aromatic carbocycles. The lowest BCUT2D eigenvalue weighted by Gasteiger charge is -2.24. The Morgan fingerprint density at radius 3 is 2.45 bits per heavy atom. The number of hydrogen-bond acceptors (Lipinski definition) is 2. The molecule has 1 aliphatic rings. The van der Waals surface area contributed by atoms with Crippen molar-refractivity contribution in [3.05, 3.63) is 35.4 Å². The van der Waals surface area contributed by atoms with Crippen LogP contribution in [0.1, 0.15) is 64.1 Å². The van der Waals surface area contributed by atoms with Gasteiger partial charge in [-0.2, -0.15) is 0 Å². The Labute approximate surface area is 123 Å². The molecule has 0 aliphatic carbocycles. The van der Waals surface area contributed by atoms with Crippen LogP contribution in [0.15, 0.2) is 24.3 Å². The molecule has 0 aromatic heterocycles. The summed E-state index contributed by atoms with van der Waals surface area (Å²) >= 11 is 0. The van der Waals surface area contributed by atoms with E-state index in [-0.39, 0.29) is 5.41 Å². The van der Waals surface area contributed by atoms with Crippen molar-refractivity contribution >= 4 is 0 Å². The van der Waals surface area contributed by atoms with Crippen LogP contribution >= 0.6 is 0 Å². The lowest BCUT2D eigenvalue weighted by Crippen LogP contribution is -2.25. The maximum Gasteiger partial charge on any atom is 0.0594 e. The van der Waals surface area contributed by atoms with Gasteiger partial charge in [-0.25, -0.2) is 0 Å². The number of nitrogens with one attached hydrogen (secondary N) is 1. The highest BCUT2D eigenvalue weighted by atomic mass is 16.5. The van der Waals surface area contributed by atoms with E-state index in [1.807, 2.05) is 0 Å². The maximum atomic E-state index is 5.79. The lowest BCUT2D eigenvalue weighted by atomic mass is 9.86. The van der Waals surface area contributed by atoms with E-state index in [2.05, 4.69) is 57.3 Å². The van der Waals surface area contributed by atoms with Crippen LogP contribution in [0.25, 0.3) is 0 Å². The zero-order valence-corrected chi connectivity index (χ0v) is 13.4. The van der Waals surface area contributed by atoms with Gasteiger partial charge in [-0.05, 0) is 42.3 Å². The third kappa shape index (κ3) is 4.07. The second-order valence-electron chi connectivity index (χ2n) is 6.85. The van der Waals surface area contributed by atoms with Crippen LogP contribution in [0.3, 0.4) is 0 Å². The van der Waals surface area contributed by atoms with Crippen LogP contribution in [0, 0.1) is 0 Å². The van der Waals surface area contributed by atoms with Gasteiger partial charge in [0.1, 0.15) is 0 Å². The van der Waals surface area contributed by atoms with E-state index in [0.717, 1.165) is 19.6 Å². The molecule has 0 saturated carbocycles. The highest BCUT2D eigenvalue weighted by Crippen LogP contribution is 2.28. The molecule has 2 unspecified atom stereocenters. The molecule has 0 amide bonds. The van der Waals surface area contributed by atoms with E-state index < -0.39 is 0 Å². The molecular weight excluding hydrogens is 246 g/mol. The molecule has 2 heteroatoms. The van der Waals surface area contributed by atoms with Crippen LogP contribution in [0.2, 0.25) is 0 Å². The van der Waals surface area contributed by atoms with Crippen molar-refractivity contribution in [1.29, 1.82) is 0 Å². The quantitative estimate of drug-likeness (QED) is 0.869. The van der Waals surface area contributed by atoms with E-state index in [9.17, 15) is 0 Å². The number of benzene rings is 1. The Bertz CT molecular complexity index is 398. The maximum absolute atomic E-state index is 5.79. The summed E-state index contributed by atoms with van der Waals surface area (Å²) in [5.74, 6) is 0. The van der Waals surface area contributed by atoms with Gasteiger partial charge in [0, 0.05) is 12.6 Å². The zero-order chi connectivity index (χ0) is 14.6. The summed E-state index contributed by atoms with van der Waals surface area (Å²) in [4.78, 5) is 0.